The van der Waals surface area contributed by atoms with Gasteiger partial charge in [-0.2, -0.15) is 0 Å². The molecule has 0 aliphatic carbocycles. The van der Waals surface area contributed by atoms with Gasteiger partial charge in [-0.05, 0) is 30.7 Å². The van der Waals surface area contributed by atoms with Crippen molar-refractivity contribution in [2.75, 3.05) is 26.7 Å². The Morgan fingerprint density at radius 1 is 1.45 bits per heavy atom. The molecule has 22 heavy (non-hydrogen) atoms. The third kappa shape index (κ3) is 9.24. The van der Waals surface area contributed by atoms with Gasteiger partial charge in [0.25, 0.3) is 0 Å². The maximum absolute atomic E-state index is 11.1. The molecule has 0 saturated carbocycles. The summed E-state index contributed by atoms with van der Waals surface area (Å²) in [6, 6.07) is 4.24. The summed E-state index contributed by atoms with van der Waals surface area (Å²) in [5, 5.41) is 8.42. The van der Waals surface area contributed by atoms with Gasteiger partial charge in [0.05, 0.1) is 13.5 Å². The Bertz CT molecular complexity index is 438. The molecule has 0 spiro atoms. The number of aliphatic imine (C=N–C) groups is 1. The molecule has 0 aliphatic heterocycles. The molecule has 1 atom stereocenters. The van der Waals surface area contributed by atoms with Crippen LogP contribution in [0.3, 0.4) is 0 Å². The number of ether oxygens (including phenoxy) is 1. The molecule has 0 saturated heterocycles. The Kier molecular flexibility index (Phi) is 12.2. The normalized spacial score (nSPS) is 12.2. The highest BCUT2D eigenvalue weighted by Gasteiger charge is 2.06. The number of nitrogens with zero attached hydrogens (tertiary/aromatic N) is 1. The largest absolute Gasteiger partial charge is 0.469 e. The number of thiophene rings is 1. The van der Waals surface area contributed by atoms with E-state index in [1.165, 1.54) is 12.0 Å². The van der Waals surface area contributed by atoms with E-state index in [0.717, 1.165) is 25.5 Å². The summed E-state index contributed by atoms with van der Waals surface area (Å²) >= 11 is 1.78. The average molecular weight is 439 g/mol. The summed E-state index contributed by atoms with van der Waals surface area (Å²) in [5.41, 5.74) is 0. The number of guanidine groups is 1. The fraction of sp³-hybridized carbons (Fsp3) is 0.600. The highest BCUT2D eigenvalue weighted by atomic mass is 127. The molecule has 0 fully saturated rings. The van der Waals surface area contributed by atoms with E-state index in [-0.39, 0.29) is 29.9 Å². The van der Waals surface area contributed by atoms with E-state index < -0.39 is 0 Å². The van der Waals surface area contributed by atoms with Crippen molar-refractivity contribution in [3.63, 3.8) is 0 Å². The highest BCUT2D eigenvalue weighted by Crippen LogP contribution is 2.14. The molecule has 1 rings (SSSR count). The van der Waals surface area contributed by atoms with Crippen LogP contribution in [0, 0.1) is 5.92 Å². The zero-order valence-corrected chi connectivity index (χ0v) is 16.6. The van der Waals surface area contributed by atoms with Crippen molar-refractivity contribution >= 4 is 47.2 Å². The highest BCUT2D eigenvalue weighted by molar-refractivity contribution is 14.0. The van der Waals surface area contributed by atoms with Gasteiger partial charge in [0.2, 0.25) is 0 Å². The molecule has 0 amide bonds. The fourth-order valence-electron chi connectivity index (χ4n) is 1.81. The molecule has 1 aromatic rings. The van der Waals surface area contributed by atoms with Crippen LogP contribution in [0.1, 0.15) is 25.1 Å². The molecule has 126 valence electrons. The Morgan fingerprint density at radius 3 is 2.82 bits per heavy atom. The monoisotopic (exact) mass is 439 g/mol. The van der Waals surface area contributed by atoms with Crippen molar-refractivity contribution < 1.29 is 9.53 Å². The van der Waals surface area contributed by atoms with Crippen LogP contribution in [0.15, 0.2) is 22.5 Å². The first-order valence-corrected chi connectivity index (χ1v) is 8.15. The molecule has 0 aliphatic rings. The van der Waals surface area contributed by atoms with E-state index in [0.29, 0.717) is 18.9 Å². The van der Waals surface area contributed by atoms with E-state index in [1.807, 2.05) is 6.92 Å². The molecule has 0 aromatic carbocycles. The lowest BCUT2D eigenvalue weighted by Gasteiger charge is -2.12. The number of halogens is 1. The Balaban J connectivity index is 0.00000441. The summed E-state index contributed by atoms with van der Waals surface area (Å²) in [4.78, 5) is 17.0. The number of methoxy groups -OCH3 is 1. The maximum atomic E-state index is 11.1. The fourth-order valence-corrected chi connectivity index (χ4v) is 2.68. The molecular formula is C15H26IN3O2S. The molecule has 0 radical (unpaired) electrons. The van der Waals surface area contributed by atoms with Crippen molar-refractivity contribution in [3.8, 4) is 0 Å². The average Bonchev–Trinajstić information content (AvgIpc) is 2.97. The van der Waals surface area contributed by atoms with Crippen LogP contribution >= 0.6 is 35.3 Å². The molecule has 1 heterocycles. The molecule has 1 unspecified atom stereocenters. The van der Waals surface area contributed by atoms with Crippen LogP contribution in [-0.4, -0.2) is 38.7 Å². The second-order valence-corrected chi connectivity index (χ2v) is 5.89. The van der Waals surface area contributed by atoms with Gasteiger partial charge >= 0.3 is 5.97 Å². The van der Waals surface area contributed by atoms with E-state index >= 15 is 0 Å². The minimum atomic E-state index is -0.218. The van der Waals surface area contributed by atoms with Crippen molar-refractivity contribution in [2.24, 2.45) is 10.9 Å². The number of carbonyl (C=O) groups excluding carboxylic acids is 1. The number of hydrogen-bond donors (Lipinski definition) is 2. The lowest BCUT2D eigenvalue weighted by Crippen LogP contribution is -2.38. The molecule has 0 bridgehead atoms. The Hall–Kier alpha value is -0.830. The van der Waals surface area contributed by atoms with Gasteiger partial charge < -0.3 is 15.4 Å². The predicted molar refractivity (Wildman–Crippen MR) is 103 cm³/mol. The topological polar surface area (TPSA) is 62.7 Å². The SMILES string of the molecule is CCNC(=NCC(C)Cc1cccs1)NCCC(=O)OC.I. The second kappa shape index (κ2) is 12.7. The third-order valence-corrected chi connectivity index (χ3v) is 3.78. The summed E-state index contributed by atoms with van der Waals surface area (Å²) < 4.78 is 4.61. The van der Waals surface area contributed by atoms with Crippen LogP contribution in [0.25, 0.3) is 0 Å². The number of hydrogen-bond acceptors (Lipinski definition) is 4. The van der Waals surface area contributed by atoms with E-state index in [2.05, 4.69) is 44.8 Å². The van der Waals surface area contributed by atoms with Crippen molar-refractivity contribution in [2.45, 2.75) is 26.7 Å². The van der Waals surface area contributed by atoms with Crippen LogP contribution in [-0.2, 0) is 16.0 Å². The van der Waals surface area contributed by atoms with Gasteiger partial charge in [0.1, 0.15) is 0 Å². The maximum Gasteiger partial charge on any atom is 0.307 e. The quantitative estimate of drug-likeness (QED) is 0.283. The lowest BCUT2D eigenvalue weighted by atomic mass is 10.1. The number of rotatable bonds is 8. The van der Waals surface area contributed by atoms with Gasteiger partial charge in [0, 0.05) is 24.5 Å². The first kappa shape index (κ1) is 21.2. The van der Waals surface area contributed by atoms with E-state index in [1.54, 1.807) is 11.3 Å². The minimum absolute atomic E-state index is 0. The van der Waals surface area contributed by atoms with Crippen LogP contribution in [0.5, 0.6) is 0 Å². The van der Waals surface area contributed by atoms with Gasteiger partial charge in [-0.1, -0.05) is 13.0 Å². The summed E-state index contributed by atoms with van der Waals surface area (Å²) in [7, 11) is 1.40. The summed E-state index contributed by atoms with van der Waals surface area (Å²) in [6.45, 7) is 6.29. The zero-order valence-electron chi connectivity index (χ0n) is 13.4. The molecular weight excluding hydrogens is 413 g/mol. The second-order valence-electron chi connectivity index (χ2n) is 4.86. The van der Waals surface area contributed by atoms with Crippen molar-refractivity contribution in [1.82, 2.24) is 10.6 Å². The molecule has 1 aromatic heterocycles. The summed E-state index contributed by atoms with van der Waals surface area (Å²) in [6.07, 6.45) is 1.38. The smallest absolute Gasteiger partial charge is 0.307 e. The summed E-state index contributed by atoms with van der Waals surface area (Å²) in [5.74, 6) is 1.02. The third-order valence-electron chi connectivity index (χ3n) is 2.88. The van der Waals surface area contributed by atoms with E-state index in [9.17, 15) is 4.79 Å². The van der Waals surface area contributed by atoms with Gasteiger partial charge in [-0.25, -0.2) is 0 Å². The van der Waals surface area contributed by atoms with Crippen molar-refractivity contribution in [1.29, 1.82) is 0 Å². The number of carbonyl (C=O) groups is 1. The molecule has 7 heteroatoms. The van der Waals surface area contributed by atoms with Gasteiger partial charge in [-0.15, -0.1) is 35.3 Å². The number of nitrogens with one attached hydrogen (secondary N) is 2. The minimum Gasteiger partial charge on any atom is -0.469 e. The van der Waals surface area contributed by atoms with Crippen molar-refractivity contribution in [3.05, 3.63) is 22.4 Å². The predicted octanol–water partition coefficient (Wildman–Crippen LogP) is 2.66. The van der Waals surface area contributed by atoms with Gasteiger partial charge in [-0.3, -0.25) is 9.79 Å². The van der Waals surface area contributed by atoms with E-state index in [4.69, 9.17) is 0 Å². The van der Waals surface area contributed by atoms with Crippen LogP contribution in [0.2, 0.25) is 0 Å². The van der Waals surface area contributed by atoms with Gasteiger partial charge in [0.15, 0.2) is 5.96 Å². The molecule has 2 N–H and O–H groups in total. The zero-order chi connectivity index (χ0) is 15.5. The molecule has 5 nitrogen and oxygen atoms in total. The Labute approximate surface area is 154 Å². The van der Waals surface area contributed by atoms with Crippen LogP contribution in [0.4, 0.5) is 0 Å². The standard InChI is InChI=1S/C15H25N3O2S.HI/c1-4-16-15(17-8-7-14(19)20-3)18-11-12(2)10-13-6-5-9-21-13;/h5-6,9,12H,4,7-8,10-11H2,1-3H3,(H2,16,17,18);1H. The Morgan fingerprint density at radius 2 is 2.23 bits per heavy atom. The first-order valence-electron chi connectivity index (χ1n) is 7.27. The first-order chi connectivity index (χ1) is 10.2. The lowest BCUT2D eigenvalue weighted by molar-refractivity contribution is -0.140. The van der Waals surface area contributed by atoms with Crippen LogP contribution < -0.4 is 10.6 Å². The number of esters is 1.